The van der Waals surface area contributed by atoms with Gasteiger partial charge >= 0.3 is 0 Å². The molecule has 28 heavy (non-hydrogen) atoms. The zero-order valence-electron chi connectivity index (χ0n) is 17.6. The highest BCUT2D eigenvalue weighted by Crippen LogP contribution is 2.29. The van der Waals surface area contributed by atoms with Crippen LogP contribution >= 0.6 is 0 Å². The summed E-state index contributed by atoms with van der Waals surface area (Å²) in [6, 6.07) is 1.81. The van der Waals surface area contributed by atoms with E-state index in [0.717, 1.165) is 40.2 Å². The maximum absolute atomic E-state index is 14.6. The van der Waals surface area contributed by atoms with Gasteiger partial charge in [-0.15, -0.1) is 0 Å². The number of hydrogen-bond donors (Lipinski definition) is 0. The van der Waals surface area contributed by atoms with Gasteiger partial charge in [-0.05, 0) is 44.9 Å². The van der Waals surface area contributed by atoms with Gasteiger partial charge in [0.2, 0.25) is 0 Å². The van der Waals surface area contributed by atoms with Crippen molar-refractivity contribution >= 4 is 11.9 Å². The lowest BCUT2D eigenvalue weighted by Gasteiger charge is -2.23. The maximum atomic E-state index is 14.6. The minimum absolute atomic E-state index is 0.389. The number of alkyl halides is 1. The first kappa shape index (κ1) is 21.5. The molecule has 0 bridgehead atoms. The van der Waals surface area contributed by atoms with E-state index in [-0.39, 0.29) is 0 Å². The van der Waals surface area contributed by atoms with Crippen LogP contribution in [0.1, 0.15) is 44.5 Å². The fraction of sp³-hybridized carbons (Fsp3) is 0.348. The highest BCUT2D eigenvalue weighted by Gasteiger charge is 2.25. The normalized spacial score (nSPS) is 17.2. The number of pyridine rings is 1. The Morgan fingerprint density at radius 3 is 2.61 bits per heavy atom. The van der Waals surface area contributed by atoms with Crippen molar-refractivity contribution in [1.29, 1.82) is 0 Å². The van der Waals surface area contributed by atoms with Crippen LogP contribution in [0.25, 0.3) is 0 Å². The van der Waals surface area contributed by atoms with Crippen LogP contribution in [0, 0.1) is 0 Å². The van der Waals surface area contributed by atoms with Gasteiger partial charge < -0.3 is 4.90 Å². The minimum atomic E-state index is -1.53. The Kier molecular flexibility index (Phi) is 6.84. The molecule has 0 spiro atoms. The molecule has 1 aromatic heterocycles. The lowest BCUT2D eigenvalue weighted by Crippen LogP contribution is -2.19. The van der Waals surface area contributed by atoms with E-state index in [1.807, 2.05) is 43.3 Å². The summed E-state index contributed by atoms with van der Waals surface area (Å²) >= 11 is 0. The van der Waals surface area contributed by atoms with E-state index < -0.39 is 5.67 Å². The summed E-state index contributed by atoms with van der Waals surface area (Å²) in [6.07, 6.45) is 11.9. The summed E-state index contributed by atoms with van der Waals surface area (Å²) in [7, 11) is 3.69. The Bertz CT molecular complexity index is 896. The minimum Gasteiger partial charge on any atom is -0.336 e. The van der Waals surface area contributed by atoms with Crippen molar-refractivity contribution in [2.75, 3.05) is 14.1 Å². The first-order valence-electron chi connectivity index (χ1n) is 9.41. The first-order valence-corrected chi connectivity index (χ1v) is 9.41. The lowest BCUT2D eigenvalue weighted by molar-refractivity contribution is 0.214. The highest BCUT2D eigenvalue weighted by atomic mass is 19.1. The van der Waals surface area contributed by atoms with E-state index in [2.05, 4.69) is 28.5 Å². The molecule has 0 radical (unpaired) electrons. The van der Waals surface area contributed by atoms with Crippen LogP contribution in [0.5, 0.6) is 0 Å². The Labute approximate surface area is 167 Å². The van der Waals surface area contributed by atoms with E-state index in [0.29, 0.717) is 5.69 Å². The Morgan fingerprint density at radius 1 is 1.39 bits per heavy atom. The van der Waals surface area contributed by atoms with Gasteiger partial charge in [0, 0.05) is 49.4 Å². The molecule has 148 valence electrons. The van der Waals surface area contributed by atoms with Gasteiger partial charge in [-0.2, -0.15) is 0 Å². The van der Waals surface area contributed by atoms with Crippen molar-refractivity contribution in [3.63, 3.8) is 0 Å². The zero-order chi connectivity index (χ0) is 20.9. The van der Waals surface area contributed by atoms with Gasteiger partial charge in [-0.3, -0.25) is 9.98 Å². The summed E-state index contributed by atoms with van der Waals surface area (Å²) < 4.78 is 14.6. The third-order valence-electron chi connectivity index (χ3n) is 4.66. The van der Waals surface area contributed by atoms with Crippen LogP contribution in [0.2, 0.25) is 0 Å². The molecule has 0 saturated heterocycles. The molecule has 0 atom stereocenters. The molecule has 0 aliphatic carbocycles. The number of aromatic nitrogens is 1. The SMILES string of the molecule is C=CC(=C1/N=CC=CN1C)/C(=C\C)C(=N\C)/c1cc(C(C)(C)F)ncc1CC. The monoisotopic (exact) mass is 380 g/mol. The fourth-order valence-electron chi connectivity index (χ4n) is 3.14. The van der Waals surface area contributed by atoms with Crippen molar-refractivity contribution in [2.45, 2.75) is 39.8 Å². The van der Waals surface area contributed by atoms with Crippen LogP contribution in [-0.4, -0.2) is 35.9 Å². The van der Waals surface area contributed by atoms with Crippen LogP contribution in [-0.2, 0) is 12.1 Å². The van der Waals surface area contributed by atoms with Crippen LogP contribution in [0.15, 0.2) is 70.2 Å². The molecule has 0 saturated carbocycles. The van der Waals surface area contributed by atoms with Gasteiger partial charge in [0.1, 0.15) is 11.5 Å². The topological polar surface area (TPSA) is 40.9 Å². The van der Waals surface area contributed by atoms with Crippen LogP contribution in [0.3, 0.4) is 0 Å². The summed E-state index contributed by atoms with van der Waals surface area (Å²) in [6.45, 7) is 11.0. The van der Waals surface area contributed by atoms with Crippen LogP contribution < -0.4 is 0 Å². The molecule has 1 aromatic rings. The van der Waals surface area contributed by atoms with Gasteiger partial charge in [-0.1, -0.05) is 25.7 Å². The molecule has 1 aliphatic rings. The first-order chi connectivity index (χ1) is 13.3. The summed E-state index contributed by atoms with van der Waals surface area (Å²) in [5.41, 5.74) is 3.29. The van der Waals surface area contributed by atoms with Crippen molar-refractivity contribution in [3.8, 4) is 0 Å². The number of aliphatic imine (C=N–C) groups is 2. The average Bonchev–Trinajstić information content (AvgIpc) is 2.68. The van der Waals surface area contributed by atoms with Crippen LogP contribution in [0.4, 0.5) is 4.39 Å². The summed E-state index contributed by atoms with van der Waals surface area (Å²) in [5.74, 6) is 0.782. The largest absolute Gasteiger partial charge is 0.336 e. The Hall–Kier alpha value is -2.82. The molecule has 0 fully saturated rings. The van der Waals surface area contributed by atoms with Gasteiger partial charge in [0.05, 0.1) is 11.4 Å². The van der Waals surface area contributed by atoms with E-state index in [4.69, 9.17) is 0 Å². The van der Waals surface area contributed by atoms with Crippen molar-refractivity contribution in [2.24, 2.45) is 9.98 Å². The predicted octanol–water partition coefficient (Wildman–Crippen LogP) is 5.14. The number of nitrogens with zero attached hydrogens (tertiary/aromatic N) is 4. The Morgan fingerprint density at radius 2 is 2.11 bits per heavy atom. The second kappa shape index (κ2) is 8.91. The third kappa shape index (κ3) is 4.35. The highest BCUT2D eigenvalue weighted by molar-refractivity contribution is 6.16. The lowest BCUT2D eigenvalue weighted by atomic mass is 9.90. The number of allylic oxidation sites excluding steroid dienone is 5. The second-order valence-corrected chi connectivity index (χ2v) is 7.00. The maximum Gasteiger partial charge on any atom is 0.147 e. The molecule has 4 nitrogen and oxygen atoms in total. The number of rotatable bonds is 6. The number of hydrogen-bond acceptors (Lipinski definition) is 4. The fourth-order valence-corrected chi connectivity index (χ4v) is 3.14. The predicted molar refractivity (Wildman–Crippen MR) is 117 cm³/mol. The molecule has 2 rings (SSSR count). The van der Waals surface area contributed by atoms with Crippen molar-refractivity contribution < 1.29 is 4.39 Å². The number of aryl methyl sites for hydroxylation is 1. The molecule has 0 unspecified atom stereocenters. The van der Waals surface area contributed by atoms with Gasteiger partial charge in [-0.25, -0.2) is 9.38 Å². The number of halogens is 1. The quantitative estimate of drug-likeness (QED) is 0.641. The molecule has 0 aromatic carbocycles. The molecule has 0 N–H and O–H groups in total. The summed E-state index contributed by atoms with van der Waals surface area (Å²) in [4.78, 5) is 15.4. The molecular formula is C23H29FN4. The van der Waals surface area contributed by atoms with Crippen molar-refractivity contribution in [3.05, 3.63) is 77.1 Å². The Balaban J connectivity index is 2.70. The molecule has 5 heteroatoms. The summed E-state index contributed by atoms with van der Waals surface area (Å²) in [5, 5.41) is 0. The van der Waals surface area contributed by atoms with E-state index in [1.165, 1.54) is 13.8 Å². The van der Waals surface area contributed by atoms with Gasteiger partial charge in [0.25, 0.3) is 0 Å². The van der Waals surface area contributed by atoms with E-state index >= 15 is 0 Å². The molecular weight excluding hydrogens is 351 g/mol. The van der Waals surface area contributed by atoms with E-state index in [9.17, 15) is 4.39 Å². The third-order valence-corrected chi connectivity index (χ3v) is 4.66. The van der Waals surface area contributed by atoms with Gasteiger partial charge in [0.15, 0.2) is 0 Å². The van der Waals surface area contributed by atoms with Crippen molar-refractivity contribution in [1.82, 2.24) is 9.88 Å². The van der Waals surface area contributed by atoms with E-state index in [1.54, 1.807) is 25.5 Å². The molecule has 1 aliphatic heterocycles. The average molecular weight is 381 g/mol. The smallest absolute Gasteiger partial charge is 0.147 e. The molecule has 2 heterocycles. The zero-order valence-corrected chi connectivity index (χ0v) is 17.6. The second-order valence-electron chi connectivity index (χ2n) is 7.00. The molecule has 0 amide bonds. The standard InChI is InChI=1S/C23H29FN4/c1-8-16-15-27-20(23(4,5)24)14-19(16)21(25-6)17(9-2)18(10-3)22-26-12-11-13-28(22)7/h9-15H,3,8H2,1-2,4-7H3/b17-9+,22-18+,25-21+.